The lowest BCUT2D eigenvalue weighted by molar-refractivity contribution is 0.278. The number of hydrogen-bond acceptors (Lipinski definition) is 2. The third kappa shape index (κ3) is 3.32. The van der Waals surface area contributed by atoms with Crippen molar-refractivity contribution >= 4 is 15.9 Å². The average molecular weight is 331 g/mol. The van der Waals surface area contributed by atoms with Gasteiger partial charge in [-0.1, -0.05) is 15.9 Å². The van der Waals surface area contributed by atoms with Crippen LogP contribution in [0, 0.1) is 11.6 Å². The Morgan fingerprint density at radius 2 is 2.11 bits per heavy atom. The van der Waals surface area contributed by atoms with Crippen molar-refractivity contribution in [2.75, 3.05) is 0 Å². The van der Waals surface area contributed by atoms with Crippen molar-refractivity contribution in [3.63, 3.8) is 0 Å². The van der Waals surface area contributed by atoms with E-state index in [2.05, 4.69) is 21.0 Å². The first kappa shape index (κ1) is 14.0. The van der Waals surface area contributed by atoms with Gasteiger partial charge in [0.25, 0.3) is 0 Å². The van der Waals surface area contributed by atoms with Gasteiger partial charge in [0.15, 0.2) is 11.6 Å². The molecule has 1 aromatic heterocycles. The Hall–Kier alpha value is -1.43. The highest BCUT2D eigenvalue weighted by atomic mass is 79.9. The molecule has 0 atom stereocenters. The van der Waals surface area contributed by atoms with Crippen molar-refractivity contribution in [3.8, 4) is 5.75 Å². The van der Waals surface area contributed by atoms with Gasteiger partial charge in [-0.05, 0) is 32.0 Å². The summed E-state index contributed by atoms with van der Waals surface area (Å²) in [6, 6.07) is 4.47. The summed E-state index contributed by atoms with van der Waals surface area (Å²) in [5.41, 5.74) is 0.661. The van der Waals surface area contributed by atoms with Crippen molar-refractivity contribution in [2.24, 2.45) is 0 Å². The smallest absolute Gasteiger partial charge is 0.200 e. The molecule has 102 valence electrons. The molecule has 6 heteroatoms. The van der Waals surface area contributed by atoms with Gasteiger partial charge in [0.2, 0.25) is 5.82 Å². The lowest BCUT2D eigenvalue weighted by atomic mass is 10.3. The fourth-order valence-electron chi connectivity index (χ4n) is 1.53. The molecular formula is C13H13BrF2N2O. The molecule has 2 aromatic rings. The average Bonchev–Trinajstić information content (AvgIpc) is 2.81. The molecule has 2 rings (SSSR count). The van der Waals surface area contributed by atoms with Crippen molar-refractivity contribution in [1.29, 1.82) is 0 Å². The molecule has 19 heavy (non-hydrogen) atoms. The molecule has 0 aliphatic rings. The van der Waals surface area contributed by atoms with Gasteiger partial charge in [0.05, 0.1) is 5.69 Å². The minimum absolute atomic E-state index is 0.0898. The number of hydrogen-bond donors (Lipinski definition) is 0. The molecule has 1 aromatic carbocycles. The summed E-state index contributed by atoms with van der Waals surface area (Å²) in [5, 5.41) is 4.26. The molecule has 0 saturated carbocycles. The van der Waals surface area contributed by atoms with Gasteiger partial charge in [0, 0.05) is 16.7 Å². The Morgan fingerprint density at radius 3 is 2.74 bits per heavy atom. The predicted octanol–water partition coefficient (Wildman–Crippen LogP) is 4.08. The number of aromatic nitrogens is 2. The van der Waals surface area contributed by atoms with E-state index in [1.165, 1.54) is 6.07 Å². The third-order valence-electron chi connectivity index (χ3n) is 2.53. The second kappa shape index (κ2) is 5.69. The normalized spacial score (nSPS) is 11.1. The second-order valence-corrected chi connectivity index (χ2v) is 5.28. The molecule has 0 amide bonds. The van der Waals surface area contributed by atoms with Gasteiger partial charge in [-0.3, -0.25) is 4.68 Å². The van der Waals surface area contributed by atoms with Gasteiger partial charge in [-0.25, -0.2) is 4.39 Å². The van der Waals surface area contributed by atoms with Gasteiger partial charge in [0.1, 0.15) is 6.61 Å². The van der Waals surface area contributed by atoms with Crippen LogP contribution in [0.5, 0.6) is 5.75 Å². The van der Waals surface area contributed by atoms with E-state index in [0.717, 1.165) is 6.07 Å². The fourth-order valence-corrected chi connectivity index (χ4v) is 1.94. The van der Waals surface area contributed by atoms with Crippen molar-refractivity contribution in [3.05, 3.63) is 46.2 Å². The summed E-state index contributed by atoms with van der Waals surface area (Å²) >= 11 is 3.09. The first-order valence-corrected chi connectivity index (χ1v) is 6.58. The highest BCUT2D eigenvalue weighted by Crippen LogP contribution is 2.25. The van der Waals surface area contributed by atoms with E-state index >= 15 is 0 Å². The number of rotatable bonds is 4. The number of halogens is 3. The Labute approximate surface area is 118 Å². The molecule has 0 aliphatic heterocycles. The highest BCUT2D eigenvalue weighted by molar-refractivity contribution is 9.10. The molecule has 0 bridgehead atoms. The lowest BCUT2D eigenvalue weighted by Gasteiger charge is -2.07. The van der Waals surface area contributed by atoms with Crippen LogP contribution in [0.4, 0.5) is 8.78 Å². The molecule has 3 nitrogen and oxygen atoms in total. The minimum atomic E-state index is -0.994. The lowest BCUT2D eigenvalue weighted by Crippen LogP contribution is -2.04. The molecule has 0 saturated heterocycles. The van der Waals surface area contributed by atoms with Crippen LogP contribution < -0.4 is 4.74 Å². The fraction of sp³-hybridized carbons (Fsp3) is 0.308. The predicted molar refractivity (Wildman–Crippen MR) is 71.0 cm³/mol. The third-order valence-corrected chi connectivity index (χ3v) is 2.99. The molecule has 0 aliphatic carbocycles. The van der Waals surface area contributed by atoms with E-state index in [4.69, 9.17) is 4.74 Å². The maximum absolute atomic E-state index is 13.5. The SMILES string of the molecule is CC(C)n1ccc(COc2cc(Br)cc(F)c2F)n1. The zero-order chi connectivity index (χ0) is 14.0. The van der Waals surface area contributed by atoms with E-state index < -0.39 is 11.6 Å². The van der Waals surface area contributed by atoms with Crippen molar-refractivity contribution in [1.82, 2.24) is 9.78 Å². The molecule has 0 fully saturated rings. The van der Waals surface area contributed by atoms with Crippen LogP contribution in [-0.4, -0.2) is 9.78 Å². The molecular weight excluding hydrogens is 318 g/mol. The quantitative estimate of drug-likeness (QED) is 0.789. The van der Waals surface area contributed by atoms with E-state index in [1.807, 2.05) is 20.0 Å². The molecule has 0 N–H and O–H groups in total. The topological polar surface area (TPSA) is 27.1 Å². The first-order valence-electron chi connectivity index (χ1n) is 5.78. The maximum atomic E-state index is 13.5. The van der Waals surface area contributed by atoms with Gasteiger partial charge >= 0.3 is 0 Å². The van der Waals surface area contributed by atoms with Gasteiger partial charge in [-0.15, -0.1) is 0 Å². The van der Waals surface area contributed by atoms with Crippen LogP contribution in [0.3, 0.4) is 0 Å². The summed E-state index contributed by atoms with van der Waals surface area (Å²) < 4.78 is 34.1. The zero-order valence-electron chi connectivity index (χ0n) is 10.5. The first-order chi connectivity index (χ1) is 8.97. The Bertz CT molecular complexity index is 584. The standard InChI is InChI=1S/C13H13BrF2N2O/c1-8(2)18-4-3-10(17-18)7-19-12-6-9(14)5-11(15)13(12)16/h3-6,8H,7H2,1-2H3. The highest BCUT2D eigenvalue weighted by Gasteiger charge is 2.12. The van der Waals surface area contributed by atoms with Crippen LogP contribution in [0.1, 0.15) is 25.6 Å². The number of ether oxygens (including phenoxy) is 1. The van der Waals surface area contributed by atoms with Crippen LogP contribution in [0.15, 0.2) is 28.9 Å². The number of nitrogens with zero attached hydrogens (tertiary/aromatic N) is 2. The van der Waals surface area contributed by atoms with Crippen LogP contribution >= 0.6 is 15.9 Å². The van der Waals surface area contributed by atoms with Crippen molar-refractivity contribution in [2.45, 2.75) is 26.5 Å². The largest absolute Gasteiger partial charge is 0.484 e. The monoisotopic (exact) mass is 330 g/mol. The van der Waals surface area contributed by atoms with Crippen molar-refractivity contribution < 1.29 is 13.5 Å². The van der Waals surface area contributed by atoms with E-state index in [1.54, 1.807) is 10.7 Å². The summed E-state index contributed by atoms with van der Waals surface area (Å²) in [5.74, 6) is -2.07. The molecule has 0 radical (unpaired) electrons. The Morgan fingerprint density at radius 1 is 1.37 bits per heavy atom. The summed E-state index contributed by atoms with van der Waals surface area (Å²) in [6.45, 7) is 4.09. The molecule has 0 unspecified atom stereocenters. The Kier molecular flexibility index (Phi) is 4.19. The van der Waals surface area contributed by atoms with Crippen LogP contribution in [-0.2, 0) is 6.61 Å². The molecule has 0 spiro atoms. The maximum Gasteiger partial charge on any atom is 0.200 e. The Balaban J connectivity index is 2.10. The zero-order valence-corrected chi connectivity index (χ0v) is 12.1. The van der Waals surface area contributed by atoms with Gasteiger partial charge < -0.3 is 4.74 Å². The summed E-state index contributed by atoms with van der Waals surface area (Å²) in [7, 11) is 0. The van der Waals surface area contributed by atoms with E-state index in [-0.39, 0.29) is 18.4 Å². The summed E-state index contributed by atoms with van der Waals surface area (Å²) in [4.78, 5) is 0. The minimum Gasteiger partial charge on any atom is -0.484 e. The number of benzene rings is 1. The molecule has 1 heterocycles. The van der Waals surface area contributed by atoms with E-state index in [9.17, 15) is 8.78 Å². The summed E-state index contributed by atoms with van der Waals surface area (Å²) in [6.07, 6.45) is 1.82. The van der Waals surface area contributed by atoms with Crippen LogP contribution in [0.25, 0.3) is 0 Å². The second-order valence-electron chi connectivity index (χ2n) is 4.37. The van der Waals surface area contributed by atoms with Crippen LogP contribution in [0.2, 0.25) is 0 Å². The van der Waals surface area contributed by atoms with E-state index in [0.29, 0.717) is 10.2 Å². The van der Waals surface area contributed by atoms with Gasteiger partial charge in [-0.2, -0.15) is 9.49 Å².